The van der Waals surface area contributed by atoms with Gasteiger partial charge in [0.25, 0.3) is 0 Å². The third-order valence-corrected chi connectivity index (χ3v) is 2.67. The summed E-state index contributed by atoms with van der Waals surface area (Å²) in [6.07, 6.45) is 0.810. The summed E-state index contributed by atoms with van der Waals surface area (Å²) in [4.78, 5) is 22.4. The molecule has 0 radical (unpaired) electrons. The van der Waals surface area contributed by atoms with Gasteiger partial charge in [0.1, 0.15) is 0 Å². The van der Waals surface area contributed by atoms with E-state index in [9.17, 15) is 9.59 Å². The fourth-order valence-corrected chi connectivity index (χ4v) is 1.61. The molecule has 0 aromatic heterocycles. The minimum absolute atomic E-state index is 0.0466. The molecule has 1 aromatic rings. The molecule has 2 amide bonds. The van der Waals surface area contributed by atoms with Crippen LogP contribution in [-0.2, 0) is 0 Å². The third-order valence-electron chi connectivity index (χ3n) is 2.34. The molecule has 0 heterocycles. The molecule has 0 atom stereocenters. The number of nitrogens with one attached hydrogen (secondary N) is 3. The highest BCUT2D eigenvalue weighted by Gasteiger charge is 2.10. The highest BCUT2D eigenvalue weighted by Crippen LogP contribution is 2.20. The van der Waals surface area contributed by atoms with E-state index >= 15 is 0 Å². The summed E-state index contributed by atoms with van der Waals surface area (Å²) < 4.78 is 0. The number of anilines is 1. The zero-order valence-corrected chi connectivity index (χ0v) is 11.3. The Bertz CT molecular complexity index is 466. The fraction of sp³-hybridized carbons (Fsp3) is 0.333. The molecule has 104 valence electrons. The van der Waals surface area contributed by atoms with Crippen LogP contribution < -0.4 is 16.0 Å². The van der Waals surface area contributed by atoms with E-state index in [2.05, 4.69) is 16.0 Å². The molecular weight excluding hydrogens is 270 g/mol. The van der Waals surface area contributed by atoms with Crippen molar-refractivity contribution in [2.75, 3.05) is 25.5 Å². The molecule has 0 unspecified atom stereocenters. The number of halogens is 1. The lowest BCUT2D eigenvalue weighted by atomic mass is 10.2. The van der Waals surface area contributed by atoms with Crippen molar-refractivity contribution in [1.82, 2.24) is 10.6 Å². The second-order valence-corrected chi connectivity index (χ2v) is 4.24. The third kappa shape index (κ3) is 5.15. The maximum atomic E-state index is 11.5. The molecule has 0 bridgehead atoms. The number of carbonyl (C=O) groups excluding carboxylic acids is 1. The van der Waals surface area contributed by atoms with Crippen molar-refractivity contribution in [2.45, 2.75) is 6.42 Å². The average Bonchev–Trinajstić information content (AvgIpc) is 2.36. The first kappa shape index (κ1) is 15.3. The van der Waals surface area contributed by atoms with Gasteiger partial charge in [0.2, 0.25) is 0 Å². The standard InChI is InChI=1S/C12H16ClN3O3/c1-14-5-2-6-15-12(19)16-8-3-4-10(13)9(7-8)11(17)18/h3-4,7,14H,2,5-6H2,1H3,(H,17,18)(H2,15,16,19). The first-order chi connectivity index (χ1) is 9.04. The molecule has 4 N–H and O–H groups in total. The summed E-state index contributed by atoms with van der Waals surface area (Å²) in [5, 5.41) is 17.2. The smallest absolute Gasteiger partial charge is 0.337 e. The van der Waals surface area contributed by atoms with Crippen LogP contribution >= 0.6 is 11.6 Å². The highest BCUT2D eigenvalue weighted by atomic mass is 35.5. The summed E-state index contributed by atoms with van der Waals surface area (Å²) in [5.41, 5.74) is 0.336. The minimum atomic E-state index is -1.14. The zero-order chi connectivity index (χ0) is 14.3. The van der Waals surface area contributed by atoms with E-state index < -0.39 is 5.97 Å². The van der Waals surface area contributed by atoms with Crippen molar-refractivity contribution >= 4 is 29.3 Å². The number of carboxylic acid groups (broad SMARTS) is 1. The predicted octanol–water partition coefficient (Wildman–Crippen LogP) is 1.77. The van der Waals surface area contributed by atoms with Crippen LogP contribution in [0.25, 0.3) is 0 Å². The molecule has 0 saturated carbocycles. The van der Waals surface area contributed by atoms with E-state index in [1.54, 1.807) is 6.07 Å². The lowest BCUT2D eigenvalue weighted by molar-refractivity contribution is 0.0697. The number of carboxylic acids is 1. The van der Waals surface area contributed by atoms with E-state index in [-0.39, 0.29) is 16.6 Å². The van der Waals surface area contributed by atoms with Gasteiger partial charge in [0.05, 0.1) is 10.6 Å². The molecule has 1 aromatic carbocycles. The van der Waals surface area contributed by atoms with Crippen molar-refractivity contribution < 1.29 is 14.7 Å². The van der Waals surface area contributed by atoms with Gasteiger partial charge in [-0.3, -0.25) is 0 Å². The quantitative estimate of drug-likeness (QED) is 0.600. The molecule has 1 rings (SSSR count). The van der Waals surface area contributed by atoms with Gasteiger partial charge in [-0.05, 0) is 38.2 Å². The van der Waals surface area contributed by atoms with E-state index in [1.165, 1.54) is 12.1 Å². The Hall–Kier alpha value is -1.79. The van der Waals surface area contributed by atoms with Crippen LogP contribution in [0.5, 0.6) is 0 Å². The van der Waals surface area contributed by atoms with Gasteiger partial charge in [0.15, 0.2) is 0 Å². The Morgan fingerprint density at radius 2 is 2.05 bits per heavy atom. The van der Waals surface area contributed by atoms with Crippen LogP contribution in [0.3, 0.4) is 0 Å². The Morgan fingerprint density at radius 1 is 1.32 bits per heavy atom. The first-order valence-electron chi connectivity index (χ1n) is 5.77. The molecule has 0 aliphatic carbocycles. The van der Waals surface area contributed by atoms with E-state index in [1.807, 2.05) is 7.05 Å². The van der Waals surface area contributed by atoms with Crippen LogP contribution in [0.2, 0.25) is 5.02 Å². The topological polar surface area (TPSA) is 90.5 Å². The lowest BCUT2D eigenvalue weighted by Crippen LogP contribution is -2.30. The second kappa shape index (κ2) is 7.60. The molecule has 0 fully saturated rings. The van der Waals surface area contributed by atoms with Crippen LogP contribution in [0, 0.1) is 0 Å². The largest absolute Gasteiger partial charge is 0.478 e. The van der Waals surface area contributed by atoms with Crippen LogP contribution in [-0.4, -0.2) is 37.2 Å². The number of carbonyl (C=O) groups is 2. The molecule has 19 heavy (non-hydrogen) atoms. The Morgan fingerprint density at radius 3 is 2.68 bits per heavy atom. The van der Waals surface area contributed by atoms with Gasteiger partial charge in [-0.1, -0.05) is 11.6 Å². The molecular formula is C12H16ClN3O3. The van der Waals surface area contributed by atoms with Crippen LogP contribution in [0.15, 0.2) is 18.2 Å². The maximum Gasteiger partial charge on any atom is 0.337 e. The minimum Gasteiger partial charge on any atom is -0.478 e. The van der Waals surface area contributed by atoms with E-state index in [4.69, 9.17) is 16.7 Å². The molecule has 0 spiro atoms. The summed E-state index contributed by atoms with van der Waals surface area (Å²) in [7, 11) is 1.83. The van der Waals surface area contributed by atoms with Crippen molar-refractivity contribution in [2.24, 2.45) is 0 Å². The lowest BCUT2D eigenvalue weighted by Gasteiger charge is -2.08. The number of hydrogen-bond donors (Lipinski definition) is 4. The monoisotopic (exact) mass is 285 g/mol. The van der Waals surface area contributed by atoms with Crippen LogP contribution in [0.1, 0.15) is 16.8 Å². The van der Waals surface area contributed by atoms with Gasteiger partial charge in [-0.15, -0.1) is 0 Å². The molecule has 0 aliphatic heterocycles. The van der Waals surface area contributed by atoms with Crippen molar-refractivity contribution in [1.29, 1.82) is 0 Å². The van der Waals surface area contributed by atoms with Gasteiger partial charge < -0.3 is 21.1 Å². The van der Waals surface area contributed by atoms with E-state index in [0.29, 0.717) is 12.2 Å². The van der Waals surface area contributed by atoms with E-state index in [0.717, 1.165) is 13.0 Å². The number of rotatable bonds is 6. The first-order valence-corrected chi connectivity index (χ1v) is 6.14. The number of benzene rings is 1. The van der Waals surface area contributed by atoms with Crippen molar-refractivity contribution in [3.63, 3.8) is 0 Å². The molecule has 6 nitrogen and oxygen atoms in total. The van der Waals surface area contributed by atoms with Crippen molar-refractivity contribution in [3.05, 3.63) is 28.8 Å². The normalized spacial score (nSPS) is 10.0. The Labute approximate surface area is 116 Å². The summed E-state index contributed by atoms with van der Waals surface area (Å²) in [6.45, 7) is 1.34. The van der Waals surface area contributed by atoms with Gasteiger partial charge in [-0.25, -0.2) is 9.59 Å². The summed E-state index contributed by atoms with van der Waals surface area (Å²) in [6, 6.07) is 3.91. The second-order valence-electron chi connectivity index (χ2n) is 3.84. The van der Waals surface area contributed by atoms with Crippen LogP contribution in [0.4, 0.5) is 10.5 Å². The van der Waals surface area contributed by atoms with Gasteiger partial charge in [0, 0.05) is 12.2 Å². The van der Waals surface area contributed by atoms with Gasteiger partial charge in [-0.2, -0.15) is 0 Å². The molecule has 0 aliphatic rings. The fourth-order valence-electron chi connectivity index (χ4n) is 1.41. The number of amides is 2. The summed E-state index contributed by atoms with van der Waals surface area (Å²) in [5.74, 6) is -1.14. The van der Waals surface area contributed by atoms with Crippen molar-refractivity contribution in [3.8, 4) is 0 Å². The SMILES string of the molecule is CNCCCNC(=O)Nc1ccc(Cl)c(C(=O)O)c1. The predicted molar refractivity (Wildman–Crippen MR) is 74.0 cm³/mol. The molecule has 7 heteroatoms. The number of aromatic carboxylic acids is 1. The number of urea groups is 1. The Kier molecular flexibility index (Phi) is 6.11. The molecule has 0 saturated heterocycles. The Balaban J connectivity index is 2.55. The maximum absolute atomic E-state index is 11.5. The number of hydrogen-bond acceptors (Lipinski definition) is 3. The highest BCUT2D eigenvalue weighted by molar-refractivity contribution is 6.33. The zero-order valence-electron chi connectivity index (χ0n) is 10.5. The van der Waals surface area contributed by atoms with Gasteiger partial charge >= 0.3 is 12.0 Å². The summed E-state index contributed by atoms with van der Waals surface area (Å²) >= 11 is 5.73. The average molecular weight is 286 g/mol.